The molecular weight excluding hydrogens is 335 g/mol. The van der Waals surface area contributed by atoms with Crippen molar-refractivity contribution in [2.24, 2.45) is 0 Å². The lowest BCUT2D eigenvalue weighted by Crippen LogP contribution is -2.07. The Bertz CT molecular complexity index is 741. The van der Waals surface area contributed by atoms with Crippen molar-refractivity contribution in [3.63, 3.8) is 0 Å². The van der Waals surface area contributed by atoms with Crippen LogP contribution >= 0.6 is 7.82 Å². The number of hydrogen-bond donors (Lipinski definition) is 5. The molecular formula is C16H19O7P. The van der Waals surface area contributed by atoms with Gasteiger partial charge >= 0.3 is 7.82 Å². The van der Waals surface area contributed by atoms with Crippen molar-refractivity contribution in [3.05, 3.63) is 53.6 Å². The second kappa shape index (κ2) is 7.68. The van der Waals surface area contributed by atoms with Crippen LogP contribution in [-0.4, -0.2) is 31.7 Å². The standard InChI is InChI=1S/C16H19O7P/c17-7-6-12(11-2-1-3-14(18)9-11)8-13-10-15(19)4-5-16(13)23-24(20,21)22/h1-5,9-10,12,17-19H,6-8H2,(H2,20,21,22). The Balaban J connectivity index is 2.35. The van der Waals surface area contributed by atoms with Crippen LogP contribution in [0.5, 0.6) is 17.2 Å². The molecule has 0 heterocycles. The minimum absolute atomic E-state index is 0.0378. The number of phosphoric ester groups is 1. The molecule has 7 nitrogen and oxygen atoms in total. The first-order valence-corrected chi connectivity index (χ1v) is 8.78. The van der Waals surface area contributed by atoms with Crippen LogP contribution in [0.3, 0.4) is 0 Å². The van der Waals surface area contributed by atoms with Gasteiger partial charge in [0.2, 0.25) is 0 Å². The molecule has 0 radical (unpaired) electrons. The summed E-state index contributed by atoms with van der Waals surface area (Å²) in [6.07, 6.45) is 0.627. The topological polar surface area (TPSA) is 127 Å². The number of phenols is 2. The summed E-state index contributed by atoms with van der Waals surface area (Å²) in [4.78, 5) is 18.0. The Labute approximate surface area is 139 Å². The number of benzene rings is 2. The first-order chi connectivity index (χ1) is 11.3. The molecule has 0 aromatic heterocycles. The van der Waals surface area contributed by atoms with Gasteiger partial charge in [-0.05, 0) is 60.2 Å². The van der Waals surface area contributed by atoms with Crippen molar-refractivity contribution in [3.8, 4) is 17.2 Å². The van der Waals surface area contributed by atoms with E-state index in [4.69, 9.17) is 9.79 Å². The fraction of sp³-hybridized carbons (Fsp3) is 0.250. The summed E-state index contributed by atoms with van der Waals surface area (Å²) in [5.41, 5.74) is 1.15. The Morgan fingerprint density at radius 1 is 1.04 bits per heavy atom. The maximum absolute atomic E-state index is 11.1. The highest BCUT2D eigenvalue weighted by molar-refractivity contribution is 7.46. The fourth-order valence-electron chi connectivity index (χ4n) is 2.53. The molecule has 1 unspecified atom stereocenters. The first kappa shape index (κ1) is 18.3. The summed E-state index contributed by atoms with van der Waals surface area (Å²) in [7, 11) is -4.74. The zero-order chi connectivity index (χ0) is 17.7. The number of rotatable bonds is 7. The van der Waals surface area contributed by atoms with Gasteiger partial charge in [0.25, 0.3) is 0 Å². The molecule has 0 saturated carbocycles. The molecule has 0 aliphatic heterocycles. The summed E-state index contributed by atoms with van der Waals surface area (Å²) in [6.45, 7) is -0.103. The van der Waals surface area contributed by atoms with E-state index in [0.717, 1.165) is 5.56 Å². The third-order valence-corrected chi connectivity index (χ3v) is 3.98. The molecule has 2 rings (SSSR count). The van der Waals surface area contributed by atoms with Gasteiger partial charge in [0.15, 0.2) is 0 Å². The average molecular weight is 354 g/mol. The lowest BCUT2D eigenvalue weighted by atomic mass is 9.89. The van der Waals surface area contributed by atoms with E-state index in [0.29, 0.717) is 12.0 Å². The highest BCUT2D eigenvalue weighted by Crippen LogP contribution is 2.41. The number of aliphatic hydroxyl groups is 1. The van der Waals surface area contributed by atoms with Gasteiger partial charge in [-0.15, -0.1) is 0 Å². The van der Waals surface area contributed by atoms with Crippen LogP contribution in [0, 0.1) is 0 Å². The van der Waals surface area contributed by atoms with E-state index < -0.39 is 7.82 Å². The second-order valence-electron chi connectivity index (χ2n) is 5.38. The summed E-state index contributed by atoms with van der Waals surface area (Å²) in [6, 6.07) is 10.4. The van der Waals surface area contributed by atoms with Gasteiger partial charge in [-0.1, -0.05) is 12.1 Å². The first-order valence-electron chi connectivity index (χ1n) is 7.25. The van der Waals surface area contributed by atoms with Crippen LogP contribution in [0.15, 0.2) is 42.5 Å². The molecule has 8 heteroatoms. The third kappa shape index (κ3) is 5.25. The summed E-state index contributed by atoms with van der Waals surface area (Å²) in [5, 5.41) is 28.6. The van der Waals surface area contributed by atoms with Crippen molar-refractivity contribution in [1.82, 2.24) is 0 Å². The van der Waals surface area contributed by atoms with Gasteiger partial charge in [-0.2, -0.15) is 0 Å². The zero-order valence-electron chi connectivity index (χ0n) is 12.7. The van der Waals surface area contributed by atoms with Gasteiger partial charge < -0.3 is 19.8 Å². The van der Waals surface area contributed by atoms with E-state index in [-0.39, 0.29) is 36.2 Å². The number of phosphoric acid groups is 1. The molecule has 2 aromatic carbocycles. The van der Waals surface area contributed by atoms with Crippen molar-refractivity contribution in [1.29, 1.82) is 0 Å². The largest absolute Gasteiger partial charge is 0.524 e. The highest BCUT2D eigenvalue weighted by atomic mass is 31.2. The normalized spacial score (nSPS) is 12.8. The maximum atomic E-state index is 11.1. The van der Waals surface area contributed by atoms with E-state index in [1.165, 1.54) is 24.3 Å². The fourth-order valence-corrected chi connectivity index (χ4v) is 2.96. The monoisotopic (exact) mass is 354 g/mol. The lowest BCUT2D eigenvalue weighted by molar-refractivity contribution is 0.272. The number of aliphatic hydroxyl groups excluding tert-OH is 1. The molecule has 0 saturated heterocycles. The van der Waals surface area contributed by atoms with Crippen LogP contribution < -0.4 is 4.52 Å². The third-order valence-electron chi connectivity index (χ3n) is 3.55. The number of aromatic hydroxyl groups is 2. The van der Waals surface area contributed by atoms with Crippen molar-refractivity contribution in [2.45, 2.75) is 18.8 Å². The molecule has 0 aliphatic rings. The predicted octanol–water partition coefficient (Wildman–Crippen LogP) is 2.28. The Hall–Kier alpha value is -2.05. The molecule has 0 spiro atoms. The summed E-state index contributed by atoms with van der Waals surface area (Å²) < 4.78 is 15.8. The van der Waals surface area contributed by atoms with Crippen LogP contribution in [0.2, 0.25) is 0 Å². The predicted molar refractivity (Wildman–Crippen MR) is 87.0 cm³/mol. The summed E-state index contributed by atoms with van der Waals surface area (Å²) in [5.74, 6) is -0.257. The smallest absolute Gasteiger partial charge is 0.508 e. The molecule has 0 fully saturated rings. The number of phenolic OH excluding ortho intramolecular Hbond substituents is 2. The minimum Gasteiger partial charge on any atom is -0.508 e. The lowest BCUT2D eigenvalue weighted by Gasteiger charge is -2.19. The van der Waals surface area contributed by atoms with E-state index in [1.807, 2.05) is 0 Å². The summed E-state index contributed by atoms with van der Waals surface area (Å²) >= 11 is 0. The highest BCUT2D eigenvalue weighted by Gasteiger charge is 2.21. The van der Waals surface area contributed by atoms with Gasteiger partial charge in [0, 0.05) is 6.61 Å². The molecule has 24 heavy (non-hydrogen) atoms. The minimum atomic E-state index is -4.74. The zero-order valence-corrected chi connectivity index (χ0v) is 13.6. The molecule has 0 aliphatic carbocycles. The Kier molecular flexibility index (Phi) is 5.85. The molecule has 2 aromatic rings. The number of hydrogen-bond acceptors (Lipinski definition) is 5. The van der Waals surface area contributed by atoms with Crippen molar-refractivity contribution in [2.75, 3.05) is 6.61 Å². The van der Waals surface area contributed by atoms with Gasteiger partial charge in [-0.25, -0.2) is 4.57 Å². The van der Waals surface area contributed by atoms with Gasteiger partial charge in [-0.3, -0.25) is 9.79 Å². The quantitative estimate of drug-likeness (QED) is 0.483. The van der Waals surface area contributed by atoms with E-state index in [9.17, 15) is 19.9 Å². The van der Waals surface area contributed by atoms with Gasteiger partial charge in [0.05, 0.1) is 0 Å². The SMILES string of the molecule is O=P(O)(O)Oc1ccc(O)cc1CC(CCO)c1cccc(O)c1. The van der Waals surface area contributed by atoms with Crippen LogP contribution in [0.25, 0.3) is 0 Å². The molecule has 130 valence electrons. The van der Waals surface area contributed by atoms with E-state index in [1.54, 1.807) is 18.2 Å². The molecule has 1 atom stereocenters. The van der Waals surface area contributed by atoms with Crippen molar-refractivity contribution >= 4 is 7.82 Å². The average Bonchev–Trinajstić information content (AvgIpc) is 2.48. The van der Waals surface area contributed by atoms with Gasteiger partial charge in [0.1, 0.15) is 17.2 Å². The Morgan fingerprint density at radius 2 is 1.75 bits per heavy atom. The maximum Gasteiger partial charge on any atom is 0.524 e. The van der Waals surface area contributed by atoms with E-state index >= 15 is 0 Å². The Morgan fingerprint density at radius 3 is 2.38 bits per heavy atom. The van der Waals surface area contributed by atoms with Crippen LogP contribution in [-0.2, 0) is 11.0 Å². The molecule has 0 amide bonds. The van der Waals surface area contributed by atoms with Crippen molar-refractivity contribution < 1.29 is 34.2 Å². The van der Waals surface area contributed by atoms with Crippen LogP contribution in [0.4, 0.5) is 0 Å². The molecule has 0 bridgehead atoms. The molecule has 5 N–H and O–H groups in total. The second-order valence-corrected chi connectivity index (χ2v) is 6.55. The van der Waals surface area contributed by atoms with Crippen LogP contribution in [0.1, 0.15) is 23.5 Å². The van der Waals surface area contributed by atoms with E-state index in [2.05, 4.69) is 4.52 Å².